The maximum atomic E-state index is 12.8. The molecule has 0 atom stereocenters. The van der Waals surface area contributed by atoms with Gasteiger partial charge in [0.25, 0.3) is 5.91 Å². The van der Waals surface area contributed by atoms with Gasteiger partial charge in [-0.1, -0.05) is 6.07 Å². The van der Waals surface area contributed by atoms with Gasteiger partial charge in [0.1, 0.15) is 11.5 Å². The summed E-state index contributed by atoms with van der Waals surface area (Å²) in [6.07, 6.45) is 2.85. The van der Waals surface area contributed by atoms with Gasteiger partial charge < -0.3 is 15.0 Å². The molecule has 0 spiro atoms. The number of rotatable bonds is 5. The Labute approximate surface area is 175 Å². The van der Waals surface area contributed by atoms with Crippen molar-refractivity contribution in [1.29, 1.82) is 0 Å². The molecule has 0 aliphatic carbocycles. The highest BCUT2D eigenvalue weighted by atomic mass is 16.5. The van der Waals surface area contributed by atoms with Gasteiger partial charge in [0.2, 0.25) is 5.91 Å². The van der Waals surface area contributed by atoms with Gasteiger partial charge in [-0.25, -0.2) is 14.8 Å². The summed E-state index contributed by atoms with van der Waals surface area (Å²) in [7, 11) is 0. The Morgan fingerprint density at radius 1 is 1.13 bits per heavy atom. The van der Waals surface area contributed by atoms with Crippen molar-refractivity contribution in [3.05, 3.63) is 53.0 Å². The molecule has 1 aliphatic heterocycles. The average Bonchev–Trinajstić information content (AvgIpc) is 2.75. The lowest BCUT2D eigenvalue weighted by Gasteiger charge is -2.31. The fourth-order valence-electron chi connectivity index (χ4n) is 3.38. The van der Waals surface area contributed by atoms with E-state index in [1.165, 1.54) is 0 Å². The van der Waals surface area contributed by atoms with E-state index in [2.05, 4.69) is 15.3 Å². The number of likely N-dealkylation sites (tertiary alicyclic amines) is 1. The number of nitrogens with zero attached hydrogens (tertiary/aromatic N) is 3. The van der Waals surface area contributed by atoms with Crippen LogP contribution in [0, 0.1) is 19.8 Å². The van der Waals surface area contributed by atoms with Crippen LogP contribution in [0.25, 0.3) is 0 Å². The van der Waals surface area contributed by atoms with Gasteiger partial charge >= 0.3 is 5.97 Å². The third kappa shape index (κ3) is 5.00. The smallest absolute Gasteiger partial charge is 0.339 e. The topological polar surface area (TPSA) is 101 Å². The van der Waals surface area contributed by atoms with Crippen LogP contribution in [-0.4, -0.2) is 52.3 Å². The molecule has 2 aromatic rings. The summed E-state index contributed by atoms with van der Waals surface area (Å²) in [5.74, 6) is -0.362. The second-order valence-electron chi connectivity index (χ2n) is 7.33. The Hall–Kier alpha value is -3.29. The zero-order valence-corrected chi connectivity index (χ0v) is 17.5. The molecule has 0 unspecified atom stereocenters. The number of pyridine rings is 2. The van der Waals surface area contributed by atoms with Crippen LogP contribution in [0.5, 0.6) is 0 Å². The van der Waals surface area contributed by atoms with Crippen LogP contribution < -0.4 is 5.32 Å². The lowest BCUT2D eigenvalue weighted by atomic mass is 9.95. The summed E-state index contributed by atoms with van der Waals surface area (Å²) in [4.78, 5) is 47.4. The maximum absolute atomic E-state index is 12.8. The van der Waals surface area contributed by atoms with E-state index in [-0.39, 0.29) is 30.0 Å². The number of nitrogens with one attached hydrogen (secondary N) is 1. The molecule has 3 rings (SSSR count). The highest BCUT2D eigenvalue weighted by molar-refractivity contribution is 5.95. The first-order valence-electron chi connectivity index (χ1n) is 10.1. The first kappa shape index (κ1) is 21.4. The normalized spacial score (nSPS) is 14.3. The Kier molecular flexibility index (Phi) is 6.76. The van der Waals surface area contributed by atoms with Crippen molar-refractivity contribution in [1.82, 2.24) is 14.9 Å². The zero-order valence-electron chi connectivity index (χ0n) is 17.5. The molecular formula is C22H26N4O4. The number of carbonyl (C=O) groups is 3. The van der Waals surface area contributed by atoms with E-state index in [4.69, 9.17) is 4.74 Å². The lowest BCUT2D eigenvalue weighted by Crippen LogP contribution is -2.41. The van der Waals surface area contributed by atoms with Crippen LogP contribution in [0.3, 0.4) is 0 Å². The van der Waals surface area contributed by atoms with Gasteiger partial charge in [0.15, 0.2) is 0 Å². The summed E-state index contributed by atoms with van der Waals surface area (Å²) in [5.41, 5.74) is 2.12. The van der Waals surface area contributed by atoms with Crippen molar-refractivity contribution >= 4 is 23.6 Å². The predicted octanol–water partition coefficient (Wildman–Crippen LogP) is 2.76. The van der Waals surface area contributed by atoms with E-state index in [0.717, 1.165) is 5.56 Å². The molecule has 0 radical (unpaired) electrons. The molecule has 158 valence electrons. The molecule has 2 aromatic heterocycles. The molecule has 30 heavy (non-hydrogen) atoms. The quantitative estimate of drug-likeness (QED) is 0.761. The number of amides is 2. The average molecular weight is 410 g/mol. The second kappa shape index (κ2) is 9.47. The zero-order chi connectivity index (χ0) is 21.7. The number of hydrogen-bond acceptors (Lipinski definition) is 6. The highest BCUT2D eigenvalue weighted by Gasteiger charge is 2.29. The first-order valence-corrected chi connectivity index (χ1v) is 10.1. The molecule has 1 fully saturated rings. The minimum absolute atomic E-state index is 0.0776. The third-order valence-corrected chi connectivity index (χ3v) is 5.12. The maximum Gasteiger partial charge on any atom is 0.339 e. The molecule has 0 aromatic carbocycles. The van der Waals surface area contributed by atoms with Crippen molar-refractivity contribution < 1.29 is 19.1 Å². The Morgan fingerprint density at radius 3 is 2.47 bits per heavy atom. The van der Waals surface area contributed by atoms with E-state index in [0.29, 0.717) is 43.0 Å². The summed E-state index contributed by atoms with van der Waals surface area (Å²) < 4.78 is 4.99. The molecule has 2 amide bonds. The summed E-state index contributed by atoms with van der Waals surface area (Å²) in [6, 6.07) is 6.79. The molecular weight excluding hydrogens is 384 g/mol. The van der Waals surface area contributed by atoms with Crippen molar-refractivity contribution in [2.24, 2.45) is 5.92 Å². The van der Waals surface area contributed by atoms with Crippen molar-refractivity contribution in [2.45, 2.75) is 33.6 Å². The van der Waals surface area contributed by atoms with E-state index < -0.39 is 5.97 Å². The number of esters is 1. The van der Waals surface area contributed by atoms with E-state index in [1.54, 1.807) is 43.1 Å². The van der Waals surface area contributed by atoms with Gasteiger partial charge in [-0.2, -0.15) is 0 Å². The van der Waals surface area contributed by atoms with Gasteiger partial charge in [0.05, 0.1) is 17.9 Å². The number of hydrogen-bond donors (Lipinski definition) is 1. The van der Waals surface area contributed by atoms with Gasteiger partial charge in [-0.15, -0.1) is 0 Å². The van der Waals surface area contributed by atoms with Crippen LogP contribution in [0.1, 0.15) is 51.9 Å². The molecule has 8 nitrogen and oxygen atoms in total. The highest BCUT2D eigenvalue weighted by Crippen LogP contribution is 2.21. The number of ether oxygens (including phenoxy) is 1. The Morgan fingerprint density at radius 2 is 1.87 bits per heavy atom. The van der Waals surface area contributed by atoms with Gasteiger partial charge in [-0.3, -0.25) is 9.59 Å². The SMILES string of the molecule is CCOC(=O)c1ccc(C(=O)N2CCC(C(=O)Nc3ccc(C)cn3)CC2)nc1C. The van der Waals surface area contributed by atoms with Crippen LogP contribution in [0.2, 0.25) is 0 Å². The minimum Gasteiger partial charge on any atom is -0.462 e. The molecule has 1 N–H and O–H groups in total. The van der Waals surface area contributed by atoms with Crippen LogP contribution in [0.4, 0.5) is 5.82 Å². The predicted molar refractivity (Wildman–Crippen MR) is 111 cm³/mol. The van der Waals surface area contributed by atoms with Crippen LogP contribution in [-0.2, 0) is 9.53 Å². The molecule has 0 bridgehead atoms. The minimum atomic E-state index is -0.448. The molecule has 1 saturated heterocycles. The summed E-state index contributed by atoms with van der Waals surface area (Å²) in [5, 5.41) is 2.84. The van der Waals surface area contributed by atoms with E-state index in [9.17, 15) is 14.4 Å². The summed E-state index contributed by atoms with van der Waals surface area (Å²) >= 11 is 0. The molecule has 3 heterocycles. The number of carbonyl (C=O) groups excluding carboxylic acids is 3. The standard InChI is InChI=1S/C22H26N4O4/c1-4-30-22(29)17-6-7-18(24-15(17)3)21(28)26-11-9-16(10-12-26)20(27)25-19-8-5-14(2)13-23-19/h5-8,13,16H,4,9-12H2,1-3H3,(H,23,25,27). The Balaban J connectivity index is 1.57. The monoisotopic (exact) mass is 410 g/mol. The lowest BCUT2D eigenvalue weighted by molar-refractivity contribution is -0.121. The van der Waals surface area contributed by atoms with Crippen molar-refractivity contribution in [3.63, 3.8) is 0 Å². The number of aryl methyl sites for hydroxylation is 2. The van der Waals surface area contributed by atoms with Crippen LogP contribution >= 0.6 is 0 Å². The number of anilines is 1. The van der Waals surface area contributed by atoms with E-state index in [1.807, 2.05) is 13.0 Å². The fourth-order valence-corrected chi connectivity index (χ4v) is 3.38. The van der Waals surface area contributed by atoms with E-state index >= 15 is 0 Å². The number of piperidine rings is 1. The molecule has 8 heteroatoms. The first-order chi connectivity index (χ1) is 14.4. The van der Waals surface area contributed by atoms with Gasteiger partial charge in [-0.05, 0) is 57.4 Å². The second-order valence-corrected chi connectivity index (χ2v) is 7.33. The molecule has 1 aliphatic rings. The van der Waals surface area contributed by atoms with Gasteiger partial charge in [0, 0.05) is 25.2 Å². The van der Waals surface area contributed by atoms with Crippen molar-refractivity contribution in [3.8, 4) is 0 Å². The summed E-state index contributed by atoms with van der Waals surface area (Å²) in [6.45, 7) is 6.57. The van der Waals surface area contributed by atoms with Crippen molar-refractivity contribution in [2.75, 3.05) is 25.0 Å². The fraction of sp³-hybridized carbons (Fsp3) is 0.409. The number of aromatic nitrogens is 2. The van der Waals surface area contributed by atoms with Crippen LogP contribution in [0.15, 0.2) is 30.5 Å². The largest absolute Gasteiger partial charge is 0.462 e. The molecule has 0 saturated carbocycles. The Bertz CT molecular complexity index is 935. The third-order valence-electron chi connectivity index (χ3n) is 5.12.